The molecule has 2 saturated heterocycles. The molecule has 3 aromatic rings. The second kappa shape index (κ2) is 8.56. The van der Waals surface area contributed by atoms with Crippen LogP contribution in [-0.2, 0) is 31.0 Å². The monoisotopic (exact) mass is 480 g/mol. The second-order valence-electron chi connectivity index (χ2n) is 9.54. The van der Waals surface area contributed by atoms with E-state index in [2.05, 4.69) is 15.3 Å². The number of hydrogen-bond donors (Lipinski definition) is 3. The maximum Gasteiger partial charge on any atom is 0.222 e. The number of anilines is 1. The first kappa shape index (κ1) is 22.4. The van der Waals surface area contributed by atoms with Crippen molar-refractivity contribution < 1.29 is 28.8 Å². The van der Waals surface area contributed by atoms with E-state index in [9.17, 15) is 9.90 Å². The van der Waals surface area contributed by atoms with E-state index in [0.717, 1.165) is 45.6 Å². The molecule has 0 aromatic carbocycles. The zero-order valence-electron chi connectivity index (χ0n) is 19.6. The van der Waals surface area contributed by atoms with Crippen LogP contribution in [-0.4, -0.2) is 71.2 Å². The van der Waals surface area contributed by atoms with Crippen molar-refractivity contribution in [2.75, 3.05) is 45.0 Å². The van der Waals surface area contributed by atoms with E-state index in [1.54, 1.807) is 6.20 Å². The summed E-state index contributed by atoms with van der Waals surface area (Å²) >= 11 is 0. The molecule has 3 aliphatic heterocycles. The number of rotatable bonds is 6. The summed E-state index contributed by atoms with van der Waals surface area (Å²) in [5, 5.41) is 14.0. The molecule has 0 radical (unpaired) electrons. The highest BCUT2D eigenvalue weighted by Gasteiger charge is 2.44. The molecule has 3 aliphatic rings. The number of nitrogens with zero attached hydrogens (tertiary/aromatic N) is 2. The van der Waals surface area contributed by atoms with Gasteiger partial charge in [0.15, 0.2) is 0 Å². The number of aromatic nitrogens is 3. The predicted octanol–water partition coefficient (Wildman–Crippen LogP) is 2.30. The number of hydrogen-bond acceptors (Lipinski definition) is 8. The smallest absolute Gasteiger partial charge is 0.222 e. The summed E-state index contributed by atoms with van der Waals surface area (Å²) in [5.74, 6) is 1.03. The molecule has 0 bridgehead atoms. The summed E-state index contributed by atoms with van der Waals surface area (Å²) < 4.78 is 23.4. The number of carbonyl (C=O) groups is 1. The first-order valence-electron chi connectivity index (χ1n) is 11.9. The van der Waals surface area contributed by atoms with Gasteiger partial charge in [-0.25, -0.2) is 9.97 Å². The van der Waals surface area contributed by atoms with Gasteiger partial charge in [-0.1, -0.05) is 0 Å². The number of pyridine rings is 2. The quantitative estimate of drug-likeness (QED) is 0.490. The summed E-state index contributed by atoms with van der Waals surface area (Å²) in [6.07, 6.45) is 5.49. The fourth-order valence-corrected chi connectivity index (χ4v) is 5.01. The van der Waals surface area contributed by atoms with E-state index >= 15 is 0 Å². The Morgan fingerprint density at radius 2 is 2.14 bits per heavy atom. The summed E-state index contributed by atoms with van der Waals surface area (Å²) in [6.45, 7) is 4.14. The van der Waals surface area contributed by atoms with Crippen LogP contribution in [0.1, 0.15) is 31.0 Å². The van der Waals surface area contributed by atoms with Crippen molar-refractivity contribution in [3.8, 4) is 17.0 Å². The van der Waals surface area contributed by atoms with E-state index in [4.69, 9.17) is 23.9 Å². The first-order chi connectivity index (χ1) is 16.9. The molecule has 0 saturated carbocycles. The third kappa shape index (κ3) is 4.06. The van der Waals surface area contributed by atoms with Gasteiger partial charge in [0.1, 0.15) is 22.8 Å². The number of aromatic amines is 1. The zero-order valence-corrected chi connectivity index (χ0v) is 19.6. The minimum absolute atomic E-state index is 0.185. The van der Waals surface area contributed by atoms with Gasteiger partial charge in [0.05, 0.1) is 56.1 Å². The third-order valence-corrected chi connectivity index (χ3v) is 6.94. The number of aliphatic hydroxyl groups is 1. The molecule has 10 nitrogen and oxygen atoms in total. The lowest BCUT2D eigenvalue weighted by atomic mass is 9.89. The van der Waals surface area contributed by atoms with Crippen LogP contribution in [0.15, 0.2) is 24.5 Å². The van der Waals surface area contributed by atoms with Crippen LogP contribution in [0.25, 0.3) is 22.2 Å². The Balaban J connectivity index is 1.42. The SMILES string of the molecule is CC(=O)Nc1cc2c(-c3cc(OCCC4(O)COC4)c4c(n3)C3(CCOC3)OCC4)c[nH]c2cn1. The number of nitrogens with one attached hydrogen (secondary N) is 2. The molecule has 1 spiro atoms. The van der Waals surface area contributed by atoms with Gasteiger partial charge in [-0.05, 0) is 6.07 Å². The van der Waals surface area contributed by atoms with Crippen LogP contribution in [0.2, 0.25) is 0 Å². The first-order valence-corrected chi connectivity index (χ1v) is 11.9. The highest BCUT2D eigenvalue weighted by Crippen LogP contribution is 2.44. The molecule has 6 rings (SSSR count). The van der Waals surface area contributed by atoms with Crippen molar-refractivity contribution in [3.05, 3.63) is 35.8 Å². The van der Waals surface area contributed by atoms with Gasteiger partial charge in [-0.15, -0.1) is 0 Å². The van der Waals surface area contributed by atoms with Crippen LogP contribution in [0, 0.1) is 0 Å². The third-order valence-electron chi connectivity index (χ3n) is 6.94. The topological polar surface area (TPSA) is 128 Å². The molecule has 1 unspecified atom stereocenters. The highest BCUT2D eigenvalue weighted by atomic mass is 16.6. The lowest BCUT2D eigenvalue weighted by Crippen LogP contribution is -2.50. The Morgan fingerprint density at radius 1 is 1.26 bits per heavy atom. The molecule has 2 fully saturated rings. The maximum atomic E-state index is 11.5. The standard InChI is InChI=1S/C25H28N4O6/c1-15(30)28-22-8-17-18(10-26-20(17)11-27-22)19-9-21(34-7-3-24(31)12-33-13-24)16-2-5-35-25(23(16)29-19)4-6-32-14-25/h8-11,26,31H,2-7,12-14H2,1H3,(H,27,28,30). The van der Waals surface area contributed by atoms with Crippen LogP contribution in [0.4, 0.5) is 5.82 Å². The van der Waals surface area contributed by atoms with Gasteiger partial charge in [-0.2, -0.15) is 0 Å². The van der Waals surface area contributed by atoms with E-state index in [0.29, 0.717) is 58.3 Å². The van der Waals surface area contributed by atoms with Gasteiger partial charge >= 0.3 is 0 Å². The number of H-pyrrole nitrogens is 1. The highest BCUT2D eigenvalue weighted by molar-refractivity contribution is 5.97. The summed E-state index contributed by atoms with van der Waals surface area (Å²) in [4.78, 5) is 24.2. The number of amides is 1. The minimum Gasteiger partial charge on any atom is -0.493 e. The lowest BCUT2D eigenvalue weighted by Gasteiger charge is -2.37. The van der Waals surface area contributed by atoms with Gasteiger partial charge in [-0.3, -0.25) is 4.79 Å². The van der Waals surface area contributed by atoms with Crippen molar-refractivity contribution >= 4 is 22.6 Å². The predicted molar refractivity (Wildman–Crippen MR) is 126 cm³/mol. The Bertz CT molecular complexity index is 1280. The fraction of sp³-hybridized carbons (Fsp3) is 0.480. The molecular formula is C25H28N4O6. The molecule has 1 amide bonds. The van der Waals surface area contributed by atoms with E-state index < -0.39 is 11.2 Å². The van der Waals surface area contributed by atoms with Gasteiger partial charge in [0.25, 0.3) is 0 Å². The minimum atomic E-state index is -0.816. The summed E-state index contributed by atoms with van der Waals surface area (Å²) in [7, 11) is 0. The molecule has 1 atom stereocenters. The molecule has 10 heteroatoms. The Morgan fingerprint density at radius 3 is 2.89 bits per heavy atom. The molecule has 35 heavy (non-hydrogen) atoms. The van der Waals surface area contributed by atoms with Crippen molar-refractivity contribution in [1.82, 2.24) is 15.0 Å². The number of fused-ring (bicyclic) bond motifs is 3. The van der Waals surface area contributed by atoms with Crippen LogP contribution < -0.4 is 10.1 Å². The van der Waals surface area contributed by atoms with Gasteiger partial charge < -0.3 is 34.4 Å². The number of ether oxygens (including phenoxy) is 4. The van der Waals surface area contributed by atoms with Crippen LogP contribution >= 0.6 is 0 Å². The average Bonchev–Trinajstić information content (AvgIpc) is 3.45. The number of carbonyl (C=O) groups excluding carboxylic acids is 1. The fourth-order valence-electron chi connectivity index (χ4n) is 5.01. The maximum absolute atomic E-state index is 11.5. The van der Waals surface area contributed by atoms with Crippen molar-refractivity contribution in [3.63, 3.8) is 0 Å². The molecule has 3 aromatic heterocycles. The Hall–Kier alpha value is -3.05. The van der Waals surface area contributed by atoms with E-state index in [1.807, 2.05) is 18.3 Å². The normalized spacial score (nSPS) is 22.7. The summed E-state index contributed by atoms with van der Waals surface area (Å²) in [6, 6.07) is 3.79. The molecule has 3 N–H and O–H groups in total. The summed E-state index contributed by atoms with van der Waals surface area (Å²) in [5.41, 5.74) is 2.91. The largest absolute Gasteiger partial charge is 0.493 e. The zero-order chi connectivity index (χ0) is 24.0. The van der Waals surface area contributed by atoms with Gasteiger partial charge in [0.2, 0.25) is 5.91 Å². The van der Waals surface area contributed by atoms with E-state index in [-0.39, 0.29) is 5.91 Å². The van der Waals surface area contributed by atoms with Crippen molar-refractivity contribution in [2.24, 2.45) is 0 Å². The van der Waals surface area contributed by atoms with Crippen molar-refractivity contribution in [1.29, 1.82) is 0 Å². The van der Waals surface area contributed by atoms with E-state index in [1.165, 1.54) is 6.92 Å². The molecule has 6 heterocycles. The Labute approximate surface area is 202 Å². The van der Waals surface area contributed by atoms with Crippen molar-refractivity contribution in [2.45, 2.75) is 37.4 Å². The lowest BCUT2D eigenvalue weighted by molar-refractivity contribution is -0.184. The van der Waals surface area contributed by atoms with Crippen LogP contribution in [0.3, 0.4) is 0 Å². The molecule has 0 aliphatic carbocycles. The van der Waals surface area contributed by atoms with Crippen LogP contribution in [0.5, 0.6) is 5.75 Å². The molecule has 184 valence electrons. The average molecular weight is 481 g/mol. The van der Waals surface area contributed by atoms with Gasteiger partial charge in [0, 0.05) is 61.6 Å². The molecular weight excluding hydrogens is 452 g/mol. The Kier molecular flexibility index (Phi) is 5.48. The second-order valence-corrected chi connectivity index (χ2v) is 9.54.